The molecule has 3 fully saturated rings. The molecule has 3 aliphatic heterocycles. The van der Waals surface area contributed by atoms with Gasteiger partial charge in [0, 0.05) is 47.9 Å². The number of aromatic nitrogens is 2. The highest BCUT2D eigenvalue weighted by Crippen LogP contribution is 2.35. The molecule has 7 heteroatoms. The van der Waals surface area contributed by atoms with E-state index in [0.29, 0.717) is 30.7 Å². The smallest absolute Gasteiger partial charge is 0.319 e. The minimum Gasteiger partial charge on any atom is -0.462 e. The molecule has 2 aromatic carbocycles. The Morgan fingerprint density at radius 2 is 1.91 bits per heavy atom. The van der Waals surface area contributed by atoms with Gasteiger partial charge in [-0.1, -0.05) is 18.2 Å². The molecule has 2 bridgehead atoms. The zero-order chi connectivity index (χ0) is 23.2. The number of nitrogen functional groups attached to an aromatic ring is 1. The number of fused-ring (bicyclic) bond motifs is 3. The molecule has 3 aliphatic rings. The molecule has 0 amide bonds. The van der Waals surface area contributed by atoms with E-state index < -0.39 is 0 Å². The Morgan fingerprint density at radius 1 is 1.09 bits per heavy atom. The normalized spacial score (nSPS) is 24.8. The molecule has 3 N–H and O–H groups in total. The number of hydrogen-bond donors (Lipinski definition) is 2. The van der Waals surface area contributed by atoms with Gasteiger partial charge in [0.25, 0.3) is 0 Å². The maximum atomic E-state index is 6.36. The summed E-state index contributed by atoms with van der Waals surface area (Å²) in [5.41, 5.74) is 11.4. The van der Waals surface area contributed by atoms with E-state index in [9.17, 15) is 0 Å². The van der Waals surface area contributed by atoms with Crippen molar-refractivity contribution in [2.24, 2.45) is 0 Å². The number of likely N-dealkylation sites (tertiary alicyclic amines) is 1. The fourth-order valence-electron chi connectivity index (χ4n) is 5.97. The van der Waals surface area contributed by atoms with E-state index in [0.717, 1.165) is 65.2 Å². The minimum absolute atomic E-state index is 0.427. The summed E-state index contributed by atoms with van der Waals surface area (Å²) in [4.78, 5) is 14.6. The number of benzene rings is 2. The highest BCUT2D eigenvalue weighted by atomic mass is 16.5. The van der Waals surface area contributed by atoms with Crippen molar-refractivity contribution in [2.75, 3.05) is 43.9 Å². The molecule has 7 nitrogen and oxygen atoms in total. The van der Waals surface area contributed by atoms with Crippen molar-refractivity contribution < 1.29 is 4.74 Å². The van der Waals surface area contributed by atoms with Crippen molar-refractivity contribution >= 4 is 22.4 Å². The Hall–Kier alpha value is -2.90. The zero-order valence-electron chi connectivity index (χ0n) is 20.1. The third-order valence-electron chi connectivity index (χ3n) is 7.84. The van der Waals surface area contributed by atoms with Crippen LogP contribution in [0.5, 0.6) is 6.01 Å². The van der Waals surface area contributed by atoms with Crippen LogP contribution in [0.25, 0.3) is 22.0 Å². The van der Waals surface area contributed by atoms with Gasteiger partial charge in [-0.15, -0.1) is 0 Å². The summed E-state index contributed by atoms with van der Waals surface area (Å²) in [6, 6.07) is 14.5. The second-order valence-corrected chi connectivity index (χ2v) is 10.2. The lowest BCUT2D eigenvalue weighted by Crippen LogP contribution is -2.51. The van der Waals surface area contributed by atoms with Crippen LogP contribution < -0.4 is 20.7 Å². The molecule has 0 aliphatic carbocycles. The van der Waals surface area contributed by atoms with Gasteiger partial charge in [-0.3, -0.25) is 0 Å². The van der Waals surface area contributed by atoms with Gasteiger partial charge >= 0.3 is 6.01 Å². The predicted molar refractivity (Wildman–Crippen MR) is 137 cm³/mol. The van der Waals surface area contributed by atoms with Gasteiger partial charge in [-0.05, 0) is 75.5 Å². The summed E-state index contributed by atoms with van der Waals surface area (Å²) in [5.74, 6) is 0.988. The fraction of sp³-hybridized carbons (Fsp3) is 0.481. The highest BCUT2D eigenvalue weighted by Gasteiger charge is 2.34. The number of hydrogen-bond acceptors (Lipinski definition) is 7. The lowest BCUT2D eigenvalue weighted by molar-refractivity contribution is 0.188. The number of nitrogens with one attached hydrogen (secondary N) is 1. The van der Waals surface area contributed by atoms with E-state index >= 15 is 0 Å². The van der Waals surface area contributed by atoms with Crippen LogP contribution in [0, 0.1) is 6.92 Å². The third kappa shape index (κ3) is 3.97. The van der Waals surface area contributed by atoms with Crippen LogP contribution in [0.3, 0.4) is 0 Å². The SMILES string of the molecule is Cc1cccc(N)c1-c1ccc2c(N3C[C@H]4CC[C@@H](C3)N4)nc(OC[C@@H]3CCCN3C)nc2c1. The first-order chi connectivity index (χ1) is 16.5. The molecule has 178 valence electrons. The molecular weight excluding hydrogens is 424 g/mol. The largest absolute Gasteiger partial charge is 0.462 e. The van der Waals surface area contributed by atoms with Crippen LogP contribution in [0.2, 0.25) is 0 Å². The average molecular weight is 459 g/mol. The standard InChI is InChI=1S/C27H34N6O/c1-17-5-3-7-23(28)25(17)18-8-11-22-24(13-18)30-27(34-16-21-6-4-12-32(21)2)31-26(22)33-14-19-9-10-20(15-33)29-19/h3,5,7-8,11,13,19-21,29H,4,6,9-10,12,14-16,28H2,1-2H3/t19-,20+,21-/m0/s1. The summed E-state index contributed by atoms with van der Waals surface area (Å²) < 4.78 is 6.23. The van der Waals surface area contributed by atoms with E-state index in [1.165, 1.54) is 19.3 Å². The van der Waals surface area contributed by atoms with Crippen molar-refractivity contribution in [1.82, 2.24) is 20.2 Å². The van der Waals surface area contributed by atoms with Gasteiger partial charge < -0.3 is 25.6 Å². The fourth-order valence-corrected chi connectivity index (χ4v) is 5.97. The van der Waals surface area contributed by atoms with Crippen molar-refractivity contribution in [2.45, 2.75) is 50.7 Å². The maximum Gasteiger partial charge on any atom is 0.319 e. The second kappa shape index (κ2) is 8.71. The topological polar surface area (TPSA) is 79.5 Å². The number of nitrogens with zero attached hydrogens (tertiary/aromatic N) is 4. The minimum atomic E-state index is 0.427. The van der Waals surface area contributed by atoms with Crippen molar-refractivity contribution in [3.63, 3.8) is 0 Å². The van der Waals surface area contributed by atoms with Crippen LogP contribution in [0.15, 0.2) is 36.4 Å². The Balaban J connectivity index is 1.41. The Kier molecular flexibility index (Phi) is 5.54. The van der Waals surface area contributed by atoms with E-state index in [-0.39, 0.29) is 0 Å². The summed E-state index contributed by atoms with van der Waals surface area (Å²) in [6.45, 7) is 5.80. The van der Waals surface area contributed by atoms with Crippen LogP contribution in [0.4, 0.5) is 11.5 Å². The number of aryl methyl sites for hydroxylation is 1. The van der Waals surface area contributed by atoms with Crippen molar-refractivity contribution in [1.29, 1.82) is 0 Å². The van der Waals surface area contributed by atoms with Crippen molar-refractivity contribution in [3.05, 3.63) is 42.0 Å². The number of anilines is 2. The van der Waals surface area contributed by atoms with E-state index in [1.807, 2.05) is 12.1 Å². The maximum absolute atomic E-state index is 6.36. The number of nitrogens with two attached hydrogens (primary N) is 1. The number of piperazine rings is 1. The molecule has 6 rings (SSSR count). The van der Waals surface area contributed by atoms with Crippen LogP contribution >= 0.6 is 0 Å². The van der Waals surface area contributed by atoms with Gasteiger partial charge in [0.15, 0.2) is 0 Å². The highest BCUT2D eigenvalue weighted by molar-refractivity contribution is 5.94. The molecule has 0 radical (unpaired) electrons. The second-order valence-electron chi connectivity index (χ2n) is 10.2. The molecule has 3 atom stereocenters. The molecule has 3 aromatic rings. The average Bonchev–Trinajstić information content (AvgIpc) is 3.40. The summed E-state index contributed by atoms with van der Waals surface area (Å²) in [6.07, 6.45) is 4.85. The lowest BCUT2D eigenvalue weighted by Gasteiger charge is -2.34. The molecule has 34 heavy (non-hydrogen) atoms. The number of likely N-dealkylation sites (N-methyl/N-ethyl adjacent to an activating group) is 1. The van der Waals surface area contributed by atoms with Crippen LogP contribution in [0.1, 0.15) is 31.2 Å². The van der Waals surface area contributed by atoms with Gasteiger partial charge in [0.05, 0.1) is 5.52 Å². The number of rotatable bonds is 5. The number of ether oxygens (including phenoxy) is 1. The Labute approximate surface area is 201 Å². The Morgan fingerprint density at radius 3 is 2.65 bits per heavy atom. The van der Waals surface area contributed by atoms with Gasteiger partial charge in [-0.25, -0.2) is 0 Å². The molecule has 0 unspecified atom stereocenters. The van der Waals surface area contributed by atoms with E-state index in [1.54, 1.807) is 0 Å². The molecule has 4 heterocycles. The Bertz CT molecular complexity index is 1180. The van der Waals surface area contributed by atoms with Gasteiger partial charge in [0.1, 0.15) is 12.4 Å². The summed E-state index contributed by atoms with van der Waals surface area (Å²) >= 11 is 0. The molecule has 0 spiro atoms. The van der Waals surface area contributed by atoms with E-state index in [2.05, 4.69) is 53.4 Å². The predicted octanol–water partition coefficient (Wildman–Crippen LogP) is 3.60. The van der Waals surface area contributed by atoms with Crippen LogP contribution in [-0.2, 0) is 0 Å². The molecule has 3 saturated heterocycles. The molecule has 0 saturated carbocycles. The zero-order valence-corrected chi connectivity index (χ0v) is 20.1. The van der Waals surface area contributed by atoms with Crippen molar-refractivity contribution in [3.8, 4) is 17.1 Å². The van der Waals surface area contributed by atoms with Gasteiger partial charge in [0.2, 0.25) is 0 Å². The van der Waals surface area contributed by atoms with Gasteiger partial charge in [-0.2, -0.15) is 9.97 Å². The van der Waals surface area contributed by atoms with E-state index in [4.69, 9.17) is 20.4 Å². The van der Waals surface area contributed by atoms with Crippen LogP contribution in [-0.4, -0.2) is 66.3 Å². The third-order valence-corrected chi connectivity index (χ3v) is 7.84. The lowest BCUT2D eigenvalue weighted by atomic mass is 9.97. The quantitative estimate of drug-likeness (QED) is 0.566. The first-order valence-electron chi connectivity index (χ1n) is 12.6. The molecular formula is C27H34N6O. The first kappa shape index (κ1) is 21.6. The summed E-state index contributed by atoms with van der Waals surface area (Å²) in [7, 11) is 2.17. The first-order valence-corrected chi connectivity index (χ1v) is 12.6. The monoisotopic (exact) mass is 458 g/mol. The summed E-state index contributed by atoms with van der Waals surface area (Å²) in [5, 5.41) is 4.80. The molecule has 1 aromatic heterocycles.